The molecule has 0 saturated carbocycles. The van der Waals surface area contributed by atoms with Gasteiger partial charge in [-0.3, -0.25) is 4.90 Å². The third kappa shape index (κ3) is 2.10. The molecule has 13 heavy (non-hydrogen) atoms. The van der Waals surface area contributed by atoms with Gasteiger partial charge in [0.05, 0.1) is 13.2 Å². The number of nitrogens with zero attached hydrogens (tertiary/aromatic N) is 2. The molecule has 0 aromatic carbocycles. The van der Waals surface area contributed by atoms with Crippen LogP contribution in [0.25, 0.3) is 0 Å². The zero-order chi connectivity index (χ0) is 9.84. The predicted octanol–water partition coefficient (Wildman–Crippen LogP) is 1.30. The summed E-state index contributed by atoms with van der Waals surface area (Å²) in [6.07, 6.45) is 3.99. The van der Waals surface area contributed by atoms with Crippen molar-refractivity contribution < 1.29 is 4.74 Å². The van der Waals surface area contributed by atoms with Gasteiger partial charge in [0.25, 0.3) is 0 Å². The van der Waals surface area contributed by atoms with Crippen LogP contribution >= 0.6 is 0 Å². The van der Waals surface area contributed by atoms with Crippen LogP contribution in [0.5, 0.6) is 0 Å². The standard InChI is InChI=1S/C10H14N2O/c1-8-4-5-12(2)9(7-11)10(6-8)13-3/h4,6,9H,5H2,1-3H3. The summed E-state index contributed by atoms with van der Waals surface area (Å²) in [4.78, 5) is 1.95. The second-order valence-corrected chi connectivity index (χ2v) is 3.17. The number of allylic oxidation sites excluding steroid dienone is 2. The maximum absolute atomic E-state index is 8.94. The van der Waals surface area contributed by atoms with E-state index in [4.69, 9.17) is 10.00 Å². The van der Waals surface area contributed by atoms with Gasteiger partial charge in [-0.15, -0.1) is 0 Å². The third-order valence-corrected chi connectivity index (χ3v) is 2.14. The minimum atomic E-state index is -0.265. The number of ether oxygens (including phenoxy) is 1. The zero-order valence-electron chi connectivity index (χ0n) is 8.24. The van der Waals surface area contributed by atoms with Crippen LogP contribution in [0.1, 0.15) is 6.92 Å². The number of rotatable bonds is 1. The maximum atomic E-state index is 8.94. The number of hydrogen-bond donors (Lipinski definition) is 0. The summed E-state index contributed by atoms with van der Waals surface area (Å²) in [5, 5.41) is 8.94. The van der Waals surface area contributed by atoms with Crippen molar-refractivity contribution in [1.29, 1.82) is 5.26 Å². The van der Waals surface area contributed by atoms with E-state index in [1.54, 1.807) is 7.11 Å². The van der Waals surface area contributed by atoms with E-state index in [1.165, 1.54) is 0 Å². The molecule has 0 spiro atoms. The molecule has 1 unspecified atom stereocenters. The Morgan fingerprint density at radius 3 is 2.92 bits per heavy atom. The quantitative estimate of drug-likeness (QED) is 0.607. The second-order valence-electron chi connectivity index (χ2n) is 3.17. The van der Waals surface area contributed by atoms with Gasteiger partial charge in [0.15, 0.2) is 6.04 Å². The normalized spacial score (nSPS) is 24.0. The summed E-state index contributed by atoms with van der Waals surface area (Å²) in [7, 11) is 3.51. The van der Waals surface area contributed by atoms with Crippen LogP contribution in [0.3, 0.4) is 0 Å². The molecule has 1 aliphatic heterocycles. The van der Waals surface area contributed by atoms with E-state index in [1.807, 2.05) is 24.9 Å². The van der Waals surface area contributed by atoms with Crippen LogP contribution in [0.15, 0.2) is 23.5 Å². The lowest BCUT2D eigenvalue weighted by molar-refractivity contribution is 0.215. The topological polar surface area (TPSA) is 36.3 Å². The van der Waals surface area contributed by atoms with Gasteiger partial charge in [-0.25, -0.2) is 0 Å². The van der Waals surface area contributed by atoms with Gasteiger partial charge in [0, 0.05) is 6.54 Å². The molecule has 1 rings (SSSR count). The van der Waals surface area contributed by atoms with E-state index >= 15 is 0 Å². The number of nitriles is 1. The molecule has 0 fully saturated rings. The molecule has 3 heteroatoms. The molecule has 0 N–H and O–H groups in total. The lowest BCUT2D eigenvalue weighted by atomic mass is 10.2. The lowest BCUT2D eigenvalue weighted by Gasteiger charge is -2.20. The average Bonchev–Trinajstić information content (AvgIpc) is 2.26. The molecule has 0 aliphatic carbocycles. The predicted molar refractivity (Wildman–Crippen MR) is 50.9 cm³/mol. The van der Waals surface area contributed by atoms with Gasteiger partial charge in [0.1, 0.15) is 5.76 Å². The fourth-order valence-electron chi connectivity index (χ4n) is 1.31. The molecule has 0 amide bonds. The Morgan fingerprint density at radius 1 is 1.69 bits per heavy atom. The number of likely N-dealkylation sites (N-methyl/N-ethyl adjacent to an activating group) is 1. The summed E-state index contributed by atoms with van der Waals surface area (Å²) < 4.78 is 5.17. The van der Waals surface area contributed by atoms with Crippen LogP contribution in [0.4, 0.5) is 0 Å². The Bertz CT molecular complexity index is 286. The highest BCUT2D eigenvalue weighted by atomic mass is 16.5. The first-order valence-electron chi connectivity index (χ1n) is 4.21. The molecule has 0 aromatic heterocycles. The van der Waals surface area contributed by atoms with Crippen molar-refractivity contribution in [2.24, 2.45) is 0 Å². The van der Waals surface area contributed by atoms with Gasteiger partial charge < -0.3 is 4.74 Å². The molecular weight excluding hydrogens is 164 g/mol. The molecule has 1 atom stereocenters. The molecule has 70 valence electrons. The minimum absolute atomic E-state index is 0.265. The van der Waals surface area contributed by atoms with E-state index in [-0.39, 0.29) is 6.04 Å². The summed E-state index contributed by atoms with van der Waals surface area (Å²) in [6, 6.07) is 1.95. The number of hydrogen-bond acceptors (Lipinski definition) is 3. The number of methoxy groups -OCH3 is 1. The van der Waals surface area contributed by atoms with E-state index in [9.17, 15) is 0 Å². The van der Waals surface area contributed by atoms with Crippen LogP contribution in [0, 0.1) is 11.3 Å². The highest BCUT2D eigenvalue weighted by Crippen LogP contribution is 2.16. The SMILES string of the molecule is COC1=CC(C)=CCN(C)C1C#N. The summed E-state index contributed by atoms with van der Waals surface area (Å²) in [6.45, 7) is 2.79. The molecule has 0 bridgehead atoms. The van der Waals surface area contributed by atoms with Crippen molar-refractivity contribution >= 4 is 0 Å². The smallest absolute Gasteiger partial charge is 0.156 e. The van der Waals surface area contributed by atoms with Crippen molar-refractivity contribution in [3.05, 3.63) is 23.5 Å². The van der Waals surface area contributed by atoms with Crippen LogP contribution in [-0.4, -0.2) is 31.6 Å². The Labute approximate surface area is 78.9 Å². The van der Waals surface area contributed by atoms with Gasteiger partial charge in [0.2, 0.25) is 0 Å². The van der Waals surface area contributed by atoms with Gasteiger partial charge in [-0.1, -0.05) is 11.6 Å². The Balaban J connectivity index is 2.97. The Morgan fingerprint density at radius 2 is 2.38 bits per heavy atom. The average molecular weight is 178 g/mol. The van der Waals surface area contributed by atoms with Crippen LogP contribution < -0.4 is 0 Å². The van der Waals surface area contributed by atoms with Crippen molar-refractivity contribution in [3.8, 4) is 6.07 Å². The van der Waals surface area contributed by atoms with E-state index in [2.05, 4.69) is 12.1 Å². The van der Waals surface area contributed by atoms with Gasteiger partial charge in [-0.05, 0) is 20.0 Å². The molecule has 0 saturated heterocycles. The second kappa shape index (κ2) is 4.11. The highest BCUT2D eigenvalue weighted by Gasteiger charge is 2.20. The van der Waals surface area contributed by atoms with Crippen LogP contribution in [0.2, 0.25) is 0 Å². The lowest BCUT2D eigenvalue weighted by Crippen LogP contribution is -2.32. The highest BCUT2D eigenvalue weighted by molar-refractivity contribution is 5.28. The fourth-order valence-corrected chi connectivity index (χ4v) is 1.31. The van der Waals surface area contributed by atoms with Crippen molar-refractivity contribution in [2.45, 2.75) is 13.0 Å². The molecule has 0 aromatic rings. The van der Waals surface area contributed by atoms with Gasteiger partial charge >= 0.3 is 0 Å². The van der Waals surface area contributed by atoms with Crippen molar-refractivity contribution in [3.63, 3.8) is 0 Å². The first kappa shape index (κ1) is 9.82. The molecule has 1 aliphatic rings. The van der Waals surface area contributed by atoms with E-state index in [0.717, 1.165) is 17.9 Å². The third-order valence-electron chi connectivity index (χ3n) is 2.14. The van der Waals surface area contributed by atoms with Crippen LogP contribution in [-0.2, 0) is 4.74 Å². The first-order chi connectivity index (χ1) is 6.19. The van der Waals surface area contributed by atoms with E-state index in [0.29, 0.717) is 0 Å². The Hall–Kier alpha value is -1.27. The first-order valence-corrected chi connectivity index (χ1v) is 4.21. The zero-order valence-corrected chi connectivity index (χ0v) is 8.24. The minimum Gasteiger partial charge on any atom is -0.498 e. The van der Waals surface area contributed by atoms with Crippen molar-refractivity contribution in [1.82, 2.24) is 4.90 Å². The monoisotopic (exact) mass is 178 g/mol. The van der Waals surface area contributed by atoms with Gasteiger partial charge in [-0.2, -0.15) is 5.26 Å². The summed E-state index contributed by atoms with van der Waals surface area (Å²) in [5.74, 6) is 0.719. The fraction of sp³-hybridized carbons (Fsp3) is 0.500. The molecule has 1 heterocycles. The van der Waals surface area contributed by atoms with Crippen molar-refractivity contribution in [2.75, 3.05) is 20.7 Å². The van der Waals surface area contributed by atoms with E-state index < -0.39 is 0 Å². The molecule has 3 nitrogen and oxygen atoms in total. The largest absolute Gasteiger partial charge is 0.498 e. The summed E-state index contributed by atoms with van der Waals surface area (Å²) in [5.41, 5.74) is 1.14. The maximum Gasteiger partial charge on any atom is 0.156 e. The summed E-state index contributed by atoms with van der Waals surface area (Å²) >= 11 is 0. The molecular formula is C10H14N2O. The molecule has 0 radical (unpaired) electrons. The Kier molecular flexibility index (Phi) is 3.10.